The maximum Gasteiger partial charge on any atom is 0.257 e. The van der Waals surface area contributed by atoms with Crippen LogP contribution in [-0.2, 0) is 16.0 Å². The number of nitrogens with one attached hydrogen (secondary N) is 1. The number of hydrogen-bond acceptors (Lipinski definition) is 4. The fourth-order valence-corrected chi connectivity index (χ4v) is 1.65. The van der Waals surface area contributed by atoms with Gasteiger partial charge >= 0.3 is 0 Å². The van der Waals surface area contributed by atoms with Crippen LogP contribution in [0, 0.1) is 0 Å². The van der Waals surface area contributed by atoms with Crippen LogP contribution in [0.2, 0.25) is 0 Å². The highest BCUT2D eigenvalue weighted by Crippen LogP contribution is 2.17. The van der Waals surface area contributed by atoms with Crippen molar-refractivity contribution in [2.45, 2.75) is 12.8 Å². The zero-order valence-electron chi connectivity index (χ0n) is 11.4. The first-order valence-corrected chi connectivity index (χ1v) is 6.44. The van der Waals surface area contributed by atoms with Gasteiger partial charge in [-0.3, -0.25) is 4.79 Å². The van der Waals surface area contributed by atoms with Crippen molar-refractivity contribution in [1.29, 1.82) is 0 Å². The van der Waals surface area contributed by atoms with E-state index < -0.39 is 0 Å². The summed E-state index contributed by atoms with van der Waals surface area (Å²) in [6.45, 7) is 1.82. The number of carbonyl (C=O) groups excluding carboxylic acids is 1. The highest BCUT2D eigenvalue weighted by Gasteiger charge is 2.05. The molecule has 0 unspecified atom stereocenters. The number of nitrogens with two attached hydrogens (primary N) is 1. The van der Waals surface area contributed by atoms with Crippen LogP contribution in [0.15, 0.2) is 24.3 Å². The lowest BCUT2D eigenvalue weighted by Crippen LogP contribution is -2.30. The zero-order valence-corrected chi connectivity index (χ0v) is 11.4. The van der Waals surface area contributed by atoms with E-state index in [9.17, 15) is 4.79 Å². The third kappa shape index (κ3) is 6.22. The minimum absolute atomic E-state index is 0.0224. The Hall–Kier alpha value is -1.59. The van der Waals surface area contributed by atoms with Crippen molar-refractivity contribution in [3.63, 3.8) is 0 Å². The molecule has 0 aliphatic heterocycles. The van der Waals surface area contributed by atoms with Gasteiger partial charge in [0.05, 0.1) is 0 Å². The summed E-state index contributed by atoms with van der Waals surface area (Å²) in [5.74, 6) is 0.596. The summed E-state index contributed by atoms with van der Waals surface area (Å²) in [7, 11) is 1.64. The number of ether oxygens (including phenoxy) is 2. The summed E-state index contributed by atoms with van der Waals surface area (Å²) in [5.41, 5.74) is 6.56. The summed E-state index contributed by atoms with van der Waals surface area (Å²) in [6.07, 6.45) is 1.54. The fraction of sp³-hybridized carbons (Fsp3) is 0.500. The Morgan fingerprint density at radius 3 is 2.89 bits per heavy atom. The van der Waals surface area contributed by atoms with Gasteiger partial charge in [-0.2, -0.15) is 0 Å². The molecule has 19 heavy (non-hydrogen) atoms. The van der Waals surface area contributed by atoms with Crippen LogP contribution < -0.4 is 15.8 Å². The molecule has 0 heterocycles. The van der Waals surface area contributed by atoms with E-state index in [0.717, 1.165) is 24.2 Å². The van der Waals surface area contributed by atoms with Crippen LogP contribution in [0.25, 0.3) is 0 Å². The quantitative estimate of drug-likeness (QED) is 0.646. The predicted molar refractivity (Wildman–Crippen MR) is 74.2 cm³/mol. The molecule has 0 aliphatic carbocycles. The number of benzene rings is 1. The SMILES string of the molecule is COCCCNC(=O)COc1ccccc1CCN. The van der Waals surface area contributed by atoms with Gasteiger partial charge in [-0.05, 0) is 31.0 Å². The molecule has 0 aromatic heterocycles. The molecule has 0 fully saturated rings. The molecule has 0 spiro atoms. The second-order valence-electron chi connectivity index (χ2n) is 4.13. The molecule has 0 radical (unpaired) electrons. The highest BCUT2D eigenvalue weighted by molar-refractivity contribution is 5.77. The van der Waals surface area contributed by atoms with Crippen LogP contribution in [0.5, 0.6) is 5.75 Å². The van der Waals surface area contributed by atoms with Crippen molar-refractivity contribution < 1.29 is 14.3 Å². The number of hydrogen-bond donors (Lipinski definition) is 2. The summed E-state index contributed by atoms with van der Waals surface area (Å²) in [6, 6.07) is 7.62. The predicted octanol–water partition coefficient (Wildman–Crippen LogP) is 0.719. The molecule has 3 N–H and O–H groups in total. The molecule has 1 rings (SSSR count). The van der Waals surface area contributed by atoms with Crippen molar-refractivity contribution in [3.8, 4) is 5.75 Å². The van der Waals surface area contributed by atoms with E-state index in [4.69, 9.17) is 15.2 Å². The molecule has 1 aromatic carbocycles. The third-order valence-electron chi connectivity index (χ3n) is 2.59. The molecule has 1 amide bonds. The number of amides is 1. The summed E-state index contributed by atoms with van der Waals surface area (Å²) in [4.78, 5) is 11.5. The van der Waals surface area contributed by atoms with Gasteiger partial charge in [0.2, 0.25) is 0 Å². The summed E-state index contributed by atoms with van der Waals surface area (Å²) < 4.78 is 10.4. The first-order valence-electron chi connectivity index (χ1n) is 6.44. The van der Waals surface area contributed by atoms with E-state index in [1.54, 1.807) is 7.11 Å². The van der Waals surface area contributed by atoms with Crippen LogP contribution in [-0.4, -0.2) is 39.3 Å². The van der Waals surface area contributed by atoms with Gasteiger partial charge in [-0.25, -0.2) is 0 Å². The average Bonchev–Trinajstić information content (AvgIpc) is 2.43. The number of rotatable bonds is 9. The summed E-state index contributed by atoms with van der Waals surface area (Å²) in [5, 5.41) is 2.77. The lowest BCUT2D eigenvalue weighted by molar-refractivity contribution is -0.123. The van der Waals surface area contributed by atoms with Crippen molar-refractivity contribution in [1.82, 2.24) is 5.32 Å². The first kappa shape index (κ1) is 15.5. The van der Waals surface area contributed by atoms with Gasteiger partial charge in [0.25, 0.3) is 5.91 Å². The molecule has 0 bridgehead atoms. The lowest BCUT2D eigenvalue weighted by Gasteiger charge is -2.11. The van der Waals surface area contributed by atoms with Crippen molar-refractivity contribution in [2.24, 2.45) is 5.73 Å². The molecular formula is C14H22N2O3. The van der Waals surface area contributed by atoms with Gasteiger partial charge in [-0.15, -0.1) is 0 Å². The average molecular weight is 266 g/mol. The Bertz CT molecular complexity index is 383. The Morgan fingerprint density at radius 2 is 2.16 bits per heavy atom. The van der Waals surface area contributed by atoms with E-state index in [2.05, 4.69) is 5.32 Å². The molecule has 5 nitrogen and oxygen atoms in total. The highest BCUT2D eigenvalue weighted by atomic mass is 16.5. The molecule has 5 heteroatoms. The maximum absolute atomic E-state index is 11.5. The second kappa shape index (κ2) is 9.35. The van der Waals surface area contributed by atoms with E-state index >= 15 is 0 Å². The van der Waals surface area contributed by atoms with Gasteiger partial charge in [-0.1, -0.05) is 18.2 Å². The fourth-order valence-electron chi connectivity index (χ4n) is 1.65. The molecule has 106 valence electrons. The number of methoxy groups -OCH3 is 1. The van der Waals surface area contributed by atoms with Crippen molar-refractivity contribution in [2.75, 3.05) is 33.4 Å². The van der Waals surface area contributed by atoms with E-state index in [-0.39, 0.29) is 12.5 Å². The van der Waals surface area contributed by atoms with Crippen LogP contribution >= 0.6 is 0 Å². The number of para-hydroxylation sites is 1. The Labute approximate surface area is 114 Å². The first-order chi connectivity index (χ1) is 9.27. The Balaban J connectivity index is 2.33. The van der Waals surface area contributed by atoms with Gasteiger partial charge in [0.15, 0.2) is 6.61 Å². The number of carbonyl (C=O) groups is 1. The smallest absolute Gasteiger partial charge is 0.257 e. The zero-order chi connectivity index (χ0) is 13.9. The third-order valence-corrected chi connectivity index (χ3v) is 2.59. The topological polar surface area (TPSA) is 73.6 Å². The minimum atomic E-state index is -0.126. The normalized spacial score (nSPS) is 10.2. The van der Waals surface area contributed by atoms with Gasteiger partial charge in [0.1, 0.15) is 5.75 Å². The molecular weight excluding hydrogens is 244 g/mol. The molecule has 1 aromatic rings. The van der Waals surface area contributed by atoms with Crippen LogP contribution in [0.1, 0.15) is 12.0 Å². The Morgan fingerprint density at radius 1 is 1.37 bits per heavy atom. The van der Waals surface area contributed by atoms with Gasteiger partial charge in [0, 0.05) is 20.3 Å². The van der Waals surface area contributed by atoms with Crippen molar-refractivity contribution in [3.05, 3.63) is 29.8 Å². The van der Waals surface area contributed by atoms with E-state index in [1.807, 2.05) is 24.3 Å². The summed E-state index contributed by atoms with van der Waals surface area (Å²) >= 11 is 0. The Kier molecular flexibility index (Phi) is 7.62. The van der Waals surface area contributed by atoms with Crippen molar-refractivity contribution >= 4 is 5.91 Å². The molecule has 0 aliphatic rings. The van der Waals surface area contributed by atoms with E-state index in [0.29, 0.717) is 19.7 Å². The van der Waals surface area contributed by atoms with Gasteiger partial charge < -0.3 is 20.5 Å². The maximum atomic E-state index is 11.5. The standard InChI is InChI=1S/C14H22N2O3/c1-18-10-4-9-16-14(17)11-19-13-6-3-2-5-12(13)7-8-15/h2-3,5-6H,4,7-11,15H2,1H3,(H,16,17). The molecule has 0 saturated heterocycles. The second-order valence-corrected chi connectivity index (χ2v) is 4.13. The molecule has 0 saturated carbocycles. The van der Waals surface area contributed by atoms with E-state index in [1.165, 1.54) is 0 Å². The lowest BCUT2D eigenvalue weighted by atomic mass is 10.1. The molecule has 0 atom stereocenters. The van der Waals surface area contributed by atoms with Crippen LogP contribution in [0.3, 0.4) is 0 Å². The monoisotopic (exact) mass is 266 g/mol. The minimum Gasteiger partial charge on any atom is -0.483 e. The van der Waals surface area contributed by atoms with Crippen LogP contribution in [0.4, 0.5) is 0 Å². The largest absolute Gasteiger partial charge is 0.483 e.